The largest absolute Gasteiger partial charge is 0.242 e. The molecule has 3 aromatic rings. The molecule has 176 valence electrons. The number of hydrogen-bond donors (Lipinski definition) is 0. The maximum atomic E-state index is 2.42. The predicted octanol–water partition coefficient (Wildman–Crippen LogP) is 8.81. The minimum Gasteiger partial charge on any atom is -0.229 e. The van der Waals surface area contributed by atoms with Crippen LogP contribution < -0.4 is 0 Å². The average Bonchev–Trinajstić information content (AvgIpc) is 3.54. The molecule has 1 aliphatic heterocycles. The number of hydrogen-bond acceptors (Lipinski definition) is 2. The highest BCUT2D eigenvalue weighted by Gasteiger charge is 2.33. The molecule has 2 heterocycles. The van der Waals surface area contributed by atoms with Crippen molar-refractivity contribution < 1.29 is 4.58 Å². The number of allylic oxidation sites excluding steroid dienone is 6. The van der Waals surface area contributed by atoms with Gasteiger partial charge >= 0.3 is 0 Å². The first kappa shape index (κ1) is 23.8. The van der Waals surface area contributed by atoms with E-state index in [1.807, 2.05) is 23.1 Å². The maximum Gasteiger partial charge on any atom is 0.242 e. The van der Waals surface area contributed by atoms with Gasteiger partial charge in [0, 0.05) is 31.4 Å². The first-order valence-electron chi connectivity index (χ1n) is 12.2. The summed E-state index contributed by atoms with van der Waals surface area (Å²) in [6.45, 7) is 9.09. The van der Waals surface area contributed by atoms with Crippen LogP contribution in [0.5, 0.6) is 0 Å². The Balaban J connectivity index is 1.83. The van der Waals surface area contributed by atoms with Crippen LogP contribution in [0, 0.1) is 6.92 Å². The van der Waals surface area contributed by atoms with Crippen molar-refractivity contribution in [3.63, 3.8) is 0 Å². The third kappa shape index (κ3) is 4.44. The summed E-state index contributed by atoms with van der Waals surface area (Å²) in [6.07, 6.45) is 4.80. The highest BCUT2D eigenvalue weighted by molar-refractivity contribution is 8.18. The lowest BCUT2D eigenvalue weighted by atomic mass is 9.93. The Morgan fingerprint density at radius 1 is 0.771 bits per heavy atom. The Labute approximate surface area is 217 Å². The molecule has 0 N–H and O–H groups in total. The van der Waals surface area contributed by atoms with Gasteiger partial charge in [-0.05, 0) is 77.6 Å². The van der Waals surface area contributed by atoms with Gasteiger partial charge in [-0.3, -0.25) is 0 Å². The quantitative estimate of drug-likeness (QED) is 0.327. The normalized spacial score (nSPS) is 18.0. The predicted molar refractivity (Wildman–Crippen MR) is 156 cm³/mol. The van der Waals surface area contributed by atoms with Gasteiger partial charge in [0.2, 0.25) is 5.04 Å². The van der Waals surface area contributed by atoms with E-state index in [4.69, 9.17) is 0 Å². The molecule has 1 aromatic heterocycles. The second kappa shape index (κ2) is 9.64. The Morgan fingerprint density at radius 2 is 1.40 bits per heavy atom. The van der Waals surface area contributed by atoms with Crippen molar-refractivity contribution in [3.8, 4) is 0 Å². The van der Waals surface area contributed by atoms with Crippen molar-refractivity contribution in [1.82, 2.24) is 0 Å². The summed E-state index contributed by atoms with van der Waals surface area (Å²) in [5.41, 5.74) is 10.6. The Hall–Kier alpha value is -2.88. The lowest BCUT2D eigenvalue weighted by molar-refractivity contribution is -0.460. The lowest BCUT2D eigenvalue weighted by Gasteiger charge is -2.14. The molecule has 3 heteroatoms. The minimum atomic E-state index is 0.519. The maximum absolute atomic E-state index is 2.42. The number of benzene rings is 2. The monoisotopic (exact) mass is 494 g/mol. The summed E-state index contributed by atoms with van der Waals surface area (Å²) in [5.74, 6) is 0.519. The van der Waals surface area contributed by atoms with E-state index < -0.39 is 0 Å². The fourth-order valence-electron chi connectivity index (χ4n) is 4.99. The topological polar surface area (TPSA) is 3.01 Å². The highest BCUT2D eigenvalue weighted by atomic mass is 32.2. The van der Waals surface area contributed by atoms with Gasteiger partial charge in [-0.25, -0.2) is 4.58 Å². The fourth-order valence-corrected chi connectivity index (χ4v) is 7.40. The molecule has 0 unspecified atom stereocenters. The first-order valence-corrected chi connectivity index (χ1v) is 13.8. The smallest absolute Gasteiger partial charge is 0.229 e. The molecule has 0 saturated heterocycles. The van der Waals surface area contributed by atoms with Crippen LogP contribution in [0.15, 0.2) is 94.9 Å². The van der Waals surface area contributed by atoms with Crippen LogP contribution >= 0.6 is 23.1 Å². The number of thioether (sulfide) groups is 1. The zero-order valence-electron chi connectivity index (χ0n) is 21.3. The van der Waals surface area contributed by atoms with Gasteiger partial charge in [-0.15, -0.1) is 11.3 Å². The van der Waals surface area contributed by atoms with Gasteiger partial charge in [0.1, 0.15) is 14.1 Å². The van der Waals surface area contributed by atoms with E-state index in [1.54, 1.807) is 0 Å². The Kier molecular flexibility index (Phi) is 6.57. The number of nitrogens with zero attached hydrogens (tertiary/aromatic N) is 1. The van der Waals surface area contributed by atoms with Gasteiger partial charge in [-0.1, -0.05) is 74.5 Å². The third-order valence-electron chi connectivity index (χ3n) is 6.52. The first-order chi connectivity index (χ1) is 16.8. The van der Waals surface area contributed by atoms with Crippen molar-refractivity contribution in [3.05, 3.63) is 121 Å². The van der Waals surface area contributed by atoms with E-state index >= 15 is 0 Å². The van der Waals surface area contributed by atoms with Crippen LogP contribution in [0.25, 0.3) is 16.7 Å². The zero-order chi connectivity index (χ0) is 24.7. The Bertz CT molecular complexity index is 1440. The lowest BCUT2D eigenvalue weighted by Crippen LogP contribution is -2.07. The van der Waals surface area contributed by atoms with Crippen molar-refractivity contribution in [2.75, 3.05) is 14.1 Å². The fraction of sp³-hybridized carbons (Fsp3) is 0.219. The third-order valence-corrected chi connectivity index (χ3v) is 9.50. The van der Waals surface area contributed by atoms with Crippen molar-refractivity contribution in [2.45, 2.75) is 33.6 Å². The molecule has 0 amide bonds. The summed E-state index contributed by atoms with van der Waals surface area (Å²) in [6, 6.07) is 24.2. The molecule has 35 heavy (non-hydrogen) atoms. The molecule has 0 saturated carbocycles. The van der Waals surface area contributed by atoms with E-state index in [2.05, 4.69) is 125 Å². The van der Waals surface area contributed by atoms with Crippen LogP contribution in [-0.4, -0.2) is 23.7 Å². The molecular weight excluding hydrogens is 462 g/mol. The summed E-state index contributed by atoms with van der Waals surface area (Å²) in [7, 11) is 4.28. The second-order valence-corrected chi connectivity index (χ2v) is 11.9. The molecule has 0 fully saturated rings. The SMILES string of the molecule is CC1=C/C(=C2/C(c3ccccc3)=CC(c3ccccc3)=C2c2cc(C)c(C(C)C)s2)SC1=[N+](C)C. The Morgan fingerprint density at radius 3 is 1.94 bits per heavy atom. The summed E-state index contributed by atoms with van der Waals surface area (Å²) >= 11 is 3.85. The van der Waals surface area contributed by atoms with E-state index in [0.717, 1.165) is 0 Å². The van der Waals surface area contributed by atoms with Crippen molar-refractivity contribution in [2.24, 2.45) is 0 Å². The highest BCUT2D eigenvalue weighted by Crippen LogP contribution is 2.53. The number of thiophene rings is 1. The number of rotatable bonds is 4. The number of aryl methyl sites for hydroxylation is 1. The summed E-state index contributed by atoms with van der Waals surface area (Å²) in [4.78, 5) is 4.17. The molecule has 0 atom stereocenters. The molecule has 5 rings (SSSR count). The van der Waals surface area contributed by atoms with Crippen LogP contribution in [0.4, 0.5) is 0 Å². The zero-order valence-corrected chi connectivity index (χ0v) is 23.0. The van der Waals surface area contributed by atoms with Gasteiger partial charge in [0.15, 0.2) is 0 Å². The molecule has 0 radical (unpaired) electrons. The molecule has 0 bridgehead atoms. The minimum absolute atomic E-state index is 0.519. The standard InChI is InChI=1S/C32H32NS2/c1-20(2)31-21(3)17-27(34-31)29-25(23-13-9-7-10-14-23)19-26(24-15-11-8-12-16-24)30(29)28-18-22(4)32(35-28)33(5)6/h7-20H,1-6H3/q+1/b30-28+. The molecule has 0 spiro atoms. The van der Waals surface area contributed by atoms with E-state index in [9.17, 15) is 0 Å². The molecular formula is C32H32NS2+. The summed E-state index contributed by atoms with van der Waals surface area (Å²) < 4.78 is 2.23. The van der Waals surface area contributed by atoms with E-state index in [-0.39, 0.29) is 0 Å². The van der Waals surface area contributed by atoms with Crippen LogP contribution in [-0.2, 0) is 0 Å². The van der Waals surface area contributed by atoms with Gasteiger partial charge in [0.25, 0.3) is 0 Å². The van der Waals surface area contributed by atoms with Crippen LogP contribution in [0.2, 0.25) is 0 Å². The van der Waals surface area contributed by atoms with E-state index in [0.29, 0.717) is 5.92 Å². The van der Waals surface area contributed by atoms with Gasteiger partial charge in [0.05, 0.1) is 0 Å². The molecule has 2 aliphatic rings. The van der Waals surface area contributed by atoms with Gasteiger partial charge in [-0.2, -0.15) is 0 Å². The van der Waals surface area contributed by atoms with Gasteiger partial charge < -0.3 is 0 Å². The van der Waals surface area contributed by atoms with E-state index in [1.165, 1.54) is 64.3 Å². The molecule has 1 aliphatic carbocycles. The van der Waals surface area contributed by atoms with Crippen molar-refractivity contribution >= 4 is 44.9 Å². The van der Waals surface area contributed by atoms with Crippen molar-refractivity contribution in [1.29, 1.82) is 0 Å². The molecule has 1 nitrogen and oxygen atoms in total. The second-order valence-electron chi connectivity index (χ2n) is 9.76. The summed E-state index contributed by atoms with van der Waals surface area (Å²) in [5, 5.41) is 1.32. The average molecular weight is 495 g/mol. The van der Waals surface area contributed by atoms with Crippen LogP contribution in [0.3, 0.4) is 0 Å². The molecule has 2 aromatic carbocycles. The van der Waals surface area contributed by atoms with Crippen LogP contribution in [0.1, 0.15) is 53.1 Å².